The van der Waals surface area contributed by atoms with Gasteiger partial charge in [0.1, 0.15) is 5.82 Å². The lowest BCUT2D eigenvalue weighted by atomic mass is 10.1. The van der Waals surface area contributed by atoms with Crippen LogP contribution in [0.3, 0.4) is 0 Å². The third kappa shape index (κ3) is 4.97. The minimum atomic E-state index is -0.148. The first kappa shape index (κ1) is 18.2. The fraction of sp³-hybridized carbons (Fsp3) is 0.429. The first-order valence-corrected chi connectivity index (χ1v) is 9.31. The SMILES string of the molecule is CC(C)(C)Nc1ccc(C(=O)Nc2ccc(N3CCCCC3)cc2)cn1. The van der Waals surface area contributed by atoms with Crippen molar-refractivity contribution in [2.45, 2.75) is 45.6 Å². The van der Waals surface area contributed by atoms with E-state index in [1.54, 1.807) is 12.3 Å². The first-order valence-electron chi connectivity index (χ1n) is 9.31. The molecule has 1 aromatic heterocycles. The maximum absolute atomic E-state index is 12.4. The van der Waals surface area contributed by atoms with Crippen molar-refractivity contribution in [2.75, 3.05) is 28.6 Å². The van der Waals surface area contributed by atoms with Gasteiger partial charge < -0.3 is 15.5 Å². The summed E-state index contributed by atoms with van der Waals surface area (Å²) >= 11 is 0. The van der Waals surface area contributed by atoms with Crippen LogP contribution in [0.4, 0.5) is 17.2 Å². The number of amides is 1. The molecule has 26 heavy (non-hydrogen) atoms. The number of hydrogen-bond donors (Lipinski definition) is 2. The molecule has 138 valence electrons. The molecule has 1 amide bonds. The Hall–Kier alpha value is -2.56. The molecule has 2 aromatic rings. The average Bonchev–Trinajstić information content (AvgIpc) is 2.62. The van der Waals surface area contributed by atoms with Gasteiger partial charge in [-0.25, -0.2) is 4.98 Å². The van der Waals surface area contributed by atoms with Crippen molar-refractivity contribution in [1.82, 2.24) is 4.98 Å². The topological polar surface area (TPSA) is 57.3 Å². The zero-order valence-corrected chi connectivity index (χ0v) is 15.9. The van der Waals surface area contributed by atoms with Gasteiger partial charge in [-0.3, -0.25) is 4.79 Å². The summed E-state index contributed by atoms with van der Waals surface area (Å²) in [5.41, 5.74) is 2.51. The van der Waals surface area contributed by atoms with E-state index < -0.39 is 0 Å². The standard InChI is InChI=1S/C21H28N4O/c1-21(2,3)24-19-12-7-16(15-22-19)20(26)23-17-8-10-18(11-9-17)25-13-5-4-6-14-25/h7-12,15H,4-6,13-14H2,1-3H3,(H,22,24)(H,23,26). The van der Waals surface area contributed by atoms with Gasteiger partial charge in [-0.15, -0.1) is 0 Å². The van der Waals surface area contributed by atoms with Crippen molar-refractivity contribution in [3.05, 3.63) is 48.2 Å². The van der Waals surface area contributed by atoms with Crippen molar-refractivity contribution in [3.8, 4) is 0 Å². The predicted octanol–water partition coefficient (Wildman–Crippen LogP) is 4.53. The lowest BCUT2D eigenvalue weighted by Crippen LogP contribution is -2.29. The molecule has 0 saturated carbocycles. The summed E-state index contributed by atoms with van der Waals surface area (Å²) < 4.78 is 0. The second-order valence-corrected chi connectivity index (χ2v) is 7.86. The molecule has 1 aromatic carbocycles. The number of nitrogens with zero attached hydrogens (tertiary/aromatic N) is 2. The van der Waals surface area contributed by atoms with Crippen molar-refractivity contribution in [2.24, 2.45) is 0 Å². The van der Waals surface area contributed by atoms with Crippen LogP contribution in [-0.4, -0.2) is 29.5 Å². The molecule has 0 unspecified atom stereocenters. The minimum Gasteiger partial charge on any atom is -0.372 e. The Labute approximate surface area is 155 Å². The van der Waals surface area contributed by atoms with E-state index in [4.69, 9.17) is 0 Å². The summed E-state index contributed by atoms with van der Waals surface area (Å²) in [4.78, 5) is 19.1. The smallest absolute Gasteiger partial charge is 0.257 e. The number of carbonyl (C=O) groups excluding carboxylic acids is 1. The van der Waals surface area contributed by atoms with Gasteiger partial charge in [0.2, 0.25) is 0 Å². The molecular formula is C21H28N4O. The zero-order valence-electron chi connectivity index (χ0n) is 15.9. The third-order valence-corrected chi connectivity index (χ3v) is 4.38. The molecule has 0 spiro atoms. The number of carbonyl (C=O) groups is 1. The Balaban J connectivity index is 1.60. The van der Waals surface area contributed by atoms with Gasteiger partial charge in [0.05, 0.1) is 5.56 Å². The highest BCUT2D eigenvalue weighted by Gasteiger charge is 2.13. The highest BCUT2D eigenvalue weighted by Crippen LogP contribution is 2.22. The summed E-state index contributed by atoms with van der Waals surface area (Å²) in [6.45, 7) is 8.45. The van der Waals surface area contributed by atoms with E-state index >= 15 is 0 Å². The van der Waals surface area contributed by atoms with Crippen LogP contribution in [0.25, 0.3) is 0 Å². The molecule has 0 atom stereocenters. The van der Waals surface area contributed by atoms with Crippen LogP contribution in [0, 0.1) is 0 Å². The van der Waals surface area contributed by atoms with E-state index in [1.165, 1.54) is 24.9 Å². The molecule has 1 aliphatic rings. The summed E-state index contributed by atoms with van der Waals surface area (Å²) in [7, 11) is 0. The van der Waals surface area contributed by atoms with E-state index in [9.17, 15) is 4.79 Å². The van der Waals surface area contributed by atoms with Crippen LogP contribution in [-0.2, 0) is 0 Å². The van der Waals surface area contributed by atoms with Crippen molar-refractivity contribution < 1.29 is 4.79 Å². The monoisotopic (exact) mass is 352 g/mol. The largest absolute Gasteiger partial charge is 0.372 e. The molecule has 0 radical (unpaired) electrons. The Bertz CT molecular complexity index is 726. The summed E-state index contributed by atoms with van der Waals surface area (Å²) in [5, 5.41) is 6.23. The minimum absolute atomic E-state index is 0.0626. The van der Waals surface area contributed by atoms with E-state index in [0.29, 0.717) is 5.56 Å². The number of anilines is 3. The Morgan fingerprint density at radius 3 is 2.27 bits per heavy atom. The summed E-state index contributed by atoms with van der Waals surface area (Å²) in [6.07, 6.45) is 5.44. The molecule has 1 aliphatic heterocycles. The number of nitrogens with one attached hydrogen (secondary N) is 2. The summed E-state index contributed by atoms with van der Waals surface area (Å²) in [6, 6.07) is 11.7. The van der Waals surface area contributed by atoms with Gasteiger partial charge >= 0.3 is 0 Å². The molecule has 0 bridgehead atoms. The molecule has 2 heterocycles. The third-order valence-electron chi connectivity index (χ3n) is 4.38. The van der Waals surface area contributed by atoms with Crippen LogP contribution in [0.15, 0.2) is 42.6 Å². The molecule has 2 N–H and O–H groups in total. The van der Waals surface area contributed by atoms with Gasteiger partial charge in [0, 0.05) is 36.2 Å². The van der Waals surface area contributed by atoms with Gasteiger partial charge in [-0.05, 0) is 76.4 Å². The van der Waals surface area contributed by atoms with Gasteiger partial charge in [0.15, 0.2) is 0 Å². The molecule has 3 rings (SSSR count). The average molecular weight is 352 g/mol. The van der Waals surface area contributed by atoms with Gasteiger partial charge in [0.25, 0.3) is 5.91 Å². The Morgan fingerprint density at radius 2 is 1.69 bits per heavy atom. The quantitative estimate of drug-likeness (QED) is 0.848. The molecule has 0 aliphatic carbocycles. The molecule has 5 nitrogen and oxygen atoms in total. The van der Waals surface area contributed by atoms with E-state index in [-0.39, 0.29) is 11.4 Å². The molecule has 5 heteroatoms. The number of hydrogen-bond acceptors (Lipinski definition) is 4. The van der Waals surface area contributed by atoms with Gasteiger partial charge in [-0.1, -0.05) is 0 Å². The highest BCUT2D eigenvalue weighted by atomic mass is 16.1. The number of piperidine rings is 1. The Morgan fingerprint density at radius 1 is 1.00 bits per heavy atom. The maximum Gasteiger partial charge on any atom is 0.257 e. The van der Waals surface area contributed by atoms with Crippen molar-refractivity contribution in [3.63, 3.8) is 0 Å². The van der Waals surface area contributed by atoms with E-state index in [2.05, 4.69) is 53.4 Å². The van der Waals surface area contributed by atoms with Crippen LogP contribution >= 0.6 is 0 Å². The normalized spacial score (nSPS) is 14.8. The fourth-order valence-corrected chi connectivity index (χ4v) is 3.10. The van der Waals surface area contributed by atoms with Crippen LogP contribution in [0.2, 0.25) is 0 Å². The second-order valence-electron chi connectivity index (χ2n) is 7.86. The number of aromatic nitrogens is 1. The van der Waals surface area contributed by atoms with Crippen LogP contribution < -0.4 is 15.5 Å². The molecular weight excluding hydrogens is 324 g/mol. The van der Waals surface area contributed by atoms with E-state index in [1.807, 2.05) is 18.2 Å². The maximum atomic E-state index is 12.4. The fourth-order valence-electron chi connectivity index (χ4n) is 3.10. The van der Waals surface area contributed by atoms with E-state index in [0.717, 1.165) is 24.6 Å². The lowest BCUT2D eigenvalue weighted by Gasteiger charge is -2.28. The number of rotatable bonds is 4. The van der Waals surface area contributed by atoms with Crippen molar-refractivity contribution in [1.29, 1.82) is 0 Å². The highest BCUT2D eigenvalue weighted by molar-refractivity contribution is 6.04. The number of benzene rings is 1. The molecule has 1 fully saturated rings. The van der Waals surface area contributed by atoms with Crippen molar-refractivity contribution >= 4 is 23.1 Å². The van der Waals surface area contributed by atoms with Crippen LogP contribution in [0.5, 0.6) is 0 Å². The lowest BCUT2D eigenvalue weighted by molar-refractivity contribution is 0.102. The van der Waals surface area contributed by atoms with Gasteiger partial charge in [-0.2, -0.15) is 0 Å². The Kier molecular flexibility index (Phi) is 5.45. The zero-order chi connectivity index (χ0) is 18.6. The molecule has 1 saturated heterocycles. The predicted molar refractivity (Wildman–Crippen MR) is 108 cm³/mol. The second kappa shape index (κ2) is 7.77. The number of pyridine rings is 1. The summed E-state index contributed by atoms with van der Waals surface area (Å²) in [5.74, 6) is 0.616. The first-order chi connectivity index (χ1) is 12.4. The van der Waals surface area contributed by atoms with Crippen LogP contribution in [0.1, 0.15) is 50.4 Å².